The maximum atomic E-state index is 12.9. The van der Waals surface area contributed by atoms with Gasteiger partial charge in [0.1, 0.15) is 11.6 Å². The summed E-state index contributed by atoms with van der Waals surface area (Å²) in [4.78, 5) is 0. The third-order valence-corrected chi connectivity index (χ3v) is 3.61. The normalized spacial score (nSPS) is 13.7. The van der Waals surface area contributed by atoms with Crippen molar-refractivity contribution in [2.45, 2.75) is 32.4 Å². The number of benzene rings is 2. The molecule has 0 aliphatic heterocycles. The van der Waals surface area contributed by atoms with Crippen molar-refractivity contribution in [3.8, 4) is 5.75 Å². The molecule has 0 saturated heterocycles. The summed E-state index contributed by atoms with van der Waals surface area (Å²) in [6.45, 7) is 4.28. The molecule has 21 heavy (non-hydrogen) atoms. The van der Waals surface area contributed by atoms with Gasteiger partial charge < -0.3 is 10.1 Å². The average Bonchev–Trinajstić information content (AvgIpc) is 2.49. The minimum Gasteiger partial charge on any atom is -0.497 e. The molecule has 0 saturated carbocycles. The average molecular weight is 287 g/mol. The summed E-state index contributed by atoms with van der Waals surface area (Å²) in [5.41, 5.74) is 2.36. The molecule has 2 aromatic carbocycles. The Kier molecular flexibility index (Phi) is 5.34. The van der Waals surface area contributed by atoms with Crippen LogP contribution in [0.5, 0.6) is 5.75 Å². The van der Waals surface area contributed by atoms with E-state index < -0.39 is 0 Å². The molecule has 2 nitrogen and oxygen atoms in total. The van der Waals surface area contributed by atoms with E-state index in [9.17, 15) is 4.39 Å². The van der Waals surface area contributed by atoms with Crippen LogP contribution in [0.15, 0.2) is 48.5 Å². The monoisotopic (exact) mass is 287 g/mol. The largest absolute Gasteiger partial charge is 0.497 e. The van der Waals surface area contributed by atoms with Crippen LogP contribution in [0, 0.1) is 5.82 Å². The summed E-state index contributed by atoms with van der Waals surface area (Å²) in [5, 5.41) is 3.56. The van der Waals surface area contributed by atoms with E-state index in [-0.39, 0.29) is 11.9 Å². The minimum absolute atomic E-state index is 0.189. The fourth-order valence-corrected chi connectivity index (χ4v) is 2.45. The number of nitrogens with one attached hydrogen (secondary N) is 1. The second-order valence-corrected chi connectivity index (χ2v) is 5.39. The molecule has 0 aliphatic rings. The SMILES string of the molecule is COc1ccc([C@H](C)NC(C)Cc2ccc(F)cc2)cc1. The first kappa shape index (κ1) is 15.5. The van der Waals surface area contributed by atoms with E-state index in [1.54, 1.807) is 7.11 Å². The van der Waals surface area contributed by atoms with Gasteiger partial charge in [0.05, 0.1) is 7.11 Å². The van der Waals surface area contributed by atoms with Gasteiger partial charge in [-0.25, -0.2) is 4.39 Å². The zero-order valence-corrected chi connectivity index (χ0v) is 12.8. The third kappa shape index (κ3) is 4.57. The summed E-state index contributed by atoms with van der Waals surface area (Å²) >= 11 is 0. The molecule has 2 atom stereocenters. The molecule has 2 rings (SSSR count). The molecule has 2 aromatic rings. The highest BCUT2D eigenvalue weighted by Gasteiger charge is 2.10. The zero-order chi connectivity index (χ0) is 15.2. The topological polar surface area (TPSA) is 21.3 Å². The van der Waals surface area contributed by atoms with Crippen LogP contribution in [0.1, 0.15) is 31.0 Å². The smallest absolute Gasteiger partial charge is 0.123 e. The van der Waals surface area contributed by atoms with Crippen LogP contribution in [-0.4, -0.2) is 13.2 Å². The Hall–Kier alpha value is -1.87. The Labute approximate surface area is 126 Å². The molecule has 112 valence electrons. The van der Waals surface area contributed by atoms with E-state index in [0.29, 0.717) is 6.04 Å². The molecule has 0 radical (unpaired) electrons. The molecular formula is C18H22FNO. The summed E-state index contributed by atoms with van der Waals surface area (Å²) in [5.74, 6) is 0.677. The first-order valence-corrected chi connectivity index (χ1v) is 7.23. The van der Waals surface area contributed by atoms with Gasteiger partial charge in [0.25, 0.3) is 0 Å². The van der Waals surface area contributed by atoms with Gasteiger partial charge in [-0.1, -0.05) is 24.3 Å². The highest BCUT2D eigenvalue weighted by atomic mass is 19.1. The molecule has 0 spiro atoms. The van der Waals surface area contributed by atoms with E-state index >= 15 is 0 Å². The Morgan fingerprint density at radius 3 is 2.19 bits per heavy atom. The summed E-state index contributed by atoms with van der Waals surface area (Å²) in [6.07, 6.45) is 0.876. The van der Waals surface area contributed by atoms with Crippen molar-refractivity contribution in [2.75, 3.05) is 7.11 Å². The Morgan fingerprint density at radius 1 is 1.00 bits per heavy atom. The third-order valence-electron chi connectivity index (χ3n) is 3.61. The van der Waals surface area contributed by atoms with E-state index in [4.69, 9.17) is 4.74 Å². The van der Waals surface area contributed by atoms with Gasteiger partial charge in [-0.2, -0.15) is 0 Å². The lowest BCUT2D eigenvalue weighted by atomic mass is 10.0. The Bertz CT molecular complexity index is 550. The van der Waals surface area contributed by atoms with Gasteiger partial charge in [-0.05, 0) is 55.7 Å². The lowest BCUT2D eigenvalue weighted by molar-refractivity contribution is 0.414. The molecule has 0 aromatic heterocycles. The molecule has 0 aliphatic carbocycles. The second kappa shape index (κ2) is 7.23. The van der Waals surface area contributed by atoms with Gasteiger partial charge in [0.2, 0.25) is 0 Å². The Morgan fingerprint density at radius 2 is 1.62 bits per heavy atom. The van der Waals surface area contributed by atoms with Gasteiger partial charge in [0, 0.05) is 12.1 Å². The molecule has 0 fully saturated rings. The highest BCUT2D eigenvalue weighted by Crippen LogP contribution is 2.18. The van der Waals surface area contributed by atoms with Crippen LogP contribution in [-0.2, 0) is 6.42 Å². The fraction of sp³-hybridized carbons (Fsp3) is 0.333. The Balaban J connectivity index is 1.91. The lowest BCUT2D eigenvalue weighted by Gasteiger charge is -2.20. The van der Waals surface area contributed by atoms with Crippen molar-refractivity contribution in [3.63, 3.8) is 0 Å². The first-order valence-electron chi connectivity index (χ1n) is 7.23. The zero-order valence-electron chi connectivity index (χ0n) is 12.8. The van der Waals surface area contributed by atoms with Gasteiger partial charge in [0.15, 0.2) is 0 Å². The van der Waals surface area contributed by atoms with Crippen LogP contribution in [0.3, 0.4) is 0 Å². The van der Waals surface area contributed by atoms with Crippen molar-refractivity contribution >= 4 is 0 Å². The predicted octanol–water partition coefficient (Wildman–Crippen LogP) is 4.12. The molecule has 0 amide bonds. The summed E-state index contributed by atoms with van der Waals surface area (Å²) < 4.78 is 18.1. The van der Waals surface area contributed by atoms with Gasteiger partial charge in [-0.15, -0.1) is 0 Å². The molecule has 1 N–H and O–H groups in total. The molecule has 3 heteroatoms. The minimum atomic E-state index is -0.189. The van der Waals surface area contributed by atoms with Crippen LogP contribution in [0.25, 0.3) is 0 Å². The molecule has 1 unspecified atom stereocenters. The molecular weight excluding hydrogens is 265 g/mol. The fourth-order valence-electron chi connectivity index (χ4n) is 2.45. The maximum absolute atomic E-state index is 12.9. The number of hydrogen-bond donors (Lipinski definition) is 1. The number of methoxy groups -OCH3 is 1. The van der Waals surface area contributed by atoms with E-state index in [1.807, 2.05) is 24.3 Å². The summed E-state index contributed by atoms with van der Waals surface area (Å²) in [6, 6.07) is 15.3. The van der Waals surface area contributed by atoms with Crippen LogP contribution in [0.4, 0.5) is 4.39 Å². The second-order valence-electron chi connectivity index (χ2n) is 5.39. The van der Waals surface area contributed by atoms with Crippen molar-refractivity contribution in [2.24, 2.45) is 0 Å². The number of ether oxygens (including phenoxy) is 1. The first-order chi connectivity index (χ1) is 10.1. The predicted molar refractivity (Wildman–Crippen MR) is 84.1 cm³/mol. The molecule has 0 bridgehead atoms. The maximum Gasteiger partial charge on any atom is 0.123 e. The summed E-state index contributed by atoms with van der Waals surface area (Å²) in [7, 11) is 1.67. The van der Waals surface area contributed by atoms with Crippen LogP contribution < -0.4 is 10.1 Å². The van der Waals surface area contributed by atoms with Gasteiger partial charge in [-0.3, -0.25) is 0 Å². The number of halogens is 1. The van der Waals surface area contributed by atoms with E-state index in [1.165, 1.54) is 17.7 Å². The number of hydrogen-bond acceptors (Lipinski definition) is 2. The van der Waals surface area contributed by atoms with Gasteiger partial charge >= 0.3 is 0 Å². The standard InChI is InChI=1S/C18H22FNO/c1-13(12-15-4-8-17(19)9-5-15)20-14(2)16-6-10-18(21-3)11-7-16/h4-11,13-14,20H,12H2,1-3H3/t13?,14-/m0/s1. The molecule has 0 heterocycles. The van der Waals surface area contributed by atoms with Crippen LogP contribution in [0.2, 0.25) is 0 Å². The lowest BCUT2D eigenvalue weighted by Crippen LogP contribution is -2.30. The highest BCUT2D eigenvalue weighted by molar-refractivity contribution is 5.29. The van der Waals surface area contributed by atoms with E-state index in [2.05, 4.69) is 31.3 Å². The van der Waals surface area contributed by atoms with Crippen molar-refractivity contribution in [1.82, 2.24) is 5.32 Å². The van der Waals surface area contributed by atoms with Crippen molar-refractivity contribution in [1.29, 1.82) is 0 Å². The van der Waals surface area contributed by atoms with Crippen molar-refractivity contribution in [3.05, 3.63) is 65.5 Å². The van der Waals surface area contributed by atoms with E-state index in [0.717, 1.165) is 17.7 Å². The quantitative estimate of drug-likeness (QED) is 0.863. The van der Waals surface area contributed by atoms with Crippen molar-refractivity contribution < 1.29 is 9.13 Å². The number of rotatable bonds is 6. The van der Waals surface area contributed by atoms with Crippen LogP contribution >= 0.6 is 0 Å².